The van der Waals surface area contributed by atoms with E-state index in [-0.39, 0.29) is 17.5 Å². The van der Waals surface area contributed by atoms with Crippen molar-refractivity contribution in [2.45, 2.75) is 53.2 Å². The van der Waals surface area contributed by atoms with Crippen LogP contribution in [-0.2, 0) is 0 Å². The predicted molar refractivity (Wildman–Crippen MR) is 73.6 cm³/mol. The first-order valence-corrected chi connectivity index (χ1v) is 6.47. The summed E-state index contributed by atoms with van der Waals surface area (Å²) in [6, 6.07) is 3.43. The highest BCUT2D eigenvalue weighted by molar-refractivity contribution is 5.40. The van der Waals surface area contributed by atoms with Crippen molar-refractivity contribution in [2.75, 3.05) is 6.54 Å². The van der Waals surface area contributed by atoms with Gasteiger partial charge in [0.05, 0.1) is 0 Å². The maximum atomic E-state index is 13.7. The Morgan fingerprint density at radius 2 is 1.94 bits per heavy atom. The van der Waals surface area contributed by atoms with E-state index in [0.717, 1.165) is 17.9 Å². The second-order valence-corrected chi connectivity index (χ2v) is 5.63. The van der Waals surface area contributed by atoms with Gasteiger partial charge in [-0.15, -0.1) is 0 Å². The highest BCUT2D eigenvalue weighted by atomic mass is 19.1. The molecule has 0 aliphatic heterocycles. The number of ether oxygens (including phenoxy) is 1. The van der Waals surface area contributed by atoms with Crippen molar-refractivity contribution in [1.29, 1.82) is 0 Å². The highest BCUT2D eigenvalue weighted by Crippen LogP contribution is 2.30. The van der Waals surface area contributed by atoms with Crippen LogP contribution in [0, 0.1) is 12.7 Å². The molecule has 0 spiro atoms. The molecule has 1 aromatic rings. The number of hydrogen-bond acceptors (Lipinski definition) is 2. The molecule has 0 bridgehead atoms. The Morgan fingerprint density at radius 1 is 1.33 bits per heavy atom. The lowest BCUT2D eigenvalue weighted by molar-refractivity contribution is 0.128. The molecule has 1 N–H and O–H groups in total. The van der Waals surface area contributed by atoms with Crippen LogP contribution in [0.25, 0.3) is 0 Å². The molecule has 1 aromatic carbocycles. The van der Waals surface area contributed by atoms with Gasteiger partial charge in [-0.2, -0.15) is 0 Å². The van der Waals surface area contributed by atoms with Gasteiger partial charge in [0.2, 0.25) is 0 Å². The monoisotopic (exact) mass is 253 g/mol. The van der Waals surface area contributed by atoms with Crippen LogP contribution < -0.4 is 10.1 Å². The van der Waals surface area contributed by atoms with E-state index >= 15 is 0 Å². The lowest BCUT2D eigenvalue weighted by atomic mass is 10.0. The van der Waals surface area contributed by atoms with E-state index in [1.54, 1.807) is 19.1 Å². The number of benzene rings is 1. The number of nitrogens with one attached hydrogen (secondary N) is 1. The third kappa shape index (κ3) is 3.98. The summed E-state index contributed by atoms with van der Waals surface area (Å²) < 4.78 is 19.6. The quantitative estimate of drug-likeness (QED) is 0.876. The average molecular weight is 253 g/mol. The van der Waals surface area contributed by atoms with Crippen LogP contribution in [0.15, 0.2) is 12.1 Å². The van der Waals surface area contributed by atoms with Crippen molar-refractivity contribution in [1.82, 2.24) is 5.32 Å². The van der Waals surface area contributed by atoms with Crippen LogP contribution in [0.2, 0.25) is 0 Å². The summed E-state index contributed by atoms with van der Waals surface area (Å²) in [7, 11) is 0. The van der Waals surface area contributed by atoms with Crippen LogP contribution in [0.3, 0.4) is 0 Å². The van der Waals surface area contributed by atoms with Gasteiger partial charge < -0.3 is 10.1 Å². The van der Waals surface area contributed by atoms with Crippen LogP contribution in [0.4, 0.5) is 4.39 Å². The average Bonchev–Trinajstić information content (AvgIpc) is 2.21. The zero-order valence-electron chi connectivity index (χ0n) is 12.2. The lowest BCUT2D eigenvalue weighted by Gasteiger charge is -2.26. The summed E-state index contributed by atoms with van der Waals surface area (Å²) in [4.78, 5) is 0. The summed E-state index contributed by atoms with van der Waals surface area (Å²) in [5.74, 6) is 0.575. The summed E-state index contributed by atoms with van der Waals surface area (Å²) in [5.41, 5.74) is 1.20. The molecule has 0 aliphatic carbocycles. The highest BCUT2D eigenvalue weighted by Gasteiger charge is 2.19. The van der Waals surface area contributed by atoms with Gasteiger partial charge in [0.15, 0.2) is 0 Å². The summed E-state index contributed by atoms with van der Waals surface area (Å²) in [6.45, 7) is 12.6. The zero-order chi connectivity index (χ0) is 13.9. The number of halogens is 1. The van der Waals surface area contributed by atoms with Crippen LogP contribution >= 0.6 is 0 Å². The lowest BCUT2D eigenvalue weighted by Crippen LogP contribution is -2.26. The number of rotatable bonds is 4. The minimum Gasteiger partial charge on any atom is -0.488 e. The van der Waals surface area contributed by atoms with Gasteiger partial charge >= 0.3 is 0 Å². The molecule has 102 valence electrons. The Kier molecular flexibility index (Phi) is 4.74. The van der Waals surface area contributed by atoms with Gasteiger partial charge in [-0.05, 0) is 58.9 Å². The van der Waals surface area contributed by atoms with Crippen molar-refractivity contribution in [3.63, 3.8) is 0 Å². The Labute approximate surface area is 110 Å². The second-order valence-electron chi connectivity index (χ2n) is 5.63. The molecule has 0 aliphatic rings. The molecular weight excluding hydrogens is 229 g/mol. The summed E-state index contributed by atoms with van der Waals surface area (Å²) in [5, 5.41) is 3.29. The molecule has 0 amide bonds. The normalized spacial score (nSPS) is 13.5. The van der Waals surface area contributed by atoms with Gasteiger partial charge in [-0.25, -0.2) is 4.39 Å². The molecule has 0 heterocycles. The van der Waals surface area contributed by atoms with Crippen LogP contribution in [-0.4, -0.2) is 12.1 Å². The fourth-order valence-electron chi connectivity index (χ4n) is 1.84. The van der Waals surface area contributed by atoms with E-state index < -0.39 is 0 Å². The second kappa shape index (κ2) is 5.70. The first kappa shape index (κ1) is 15.0. The van der Waals surface area contributed by atoms with Crippen molar-refractivity contribution in [3.05, 3.63) is 29.1 Å². The first-order valence-electron chi connectivity index (χ1n) is 6.47. The SMILES string of the molecule is CCNC(C)c1cc(F)c(C)cc1OC(C)(C)C. The smallest absolute Gasteiger partial charge is 0.126 e. The van der Waals surface area contributed by atoms with E-state index in [4.69, 9.17) is 4.74 Å². The molecule has 0 aromatic heterocycles. The topological polar surface area (TPSA) is 21.3 Å². The first-order chi connectivity index (χ1) is 8.24. The molecule has 1 unspecified atom stereocenters. The van der Waals surface area contributed by atoms with Gasteiger partial charge in [0.1, 0.15) is 17.2 Å². The van der Waals surface area contributed by atoms with Crippen LogP contribution in [0.5, 0.6) is 5.75 Å². The Balaban J connectivity index is 3.16. The Bertz CT molecular complexity index is 410. The summed E-state index contributed by atoms with van der Waals surface area (Å²) in [6.07, 6.45) is 0. The third-order valence-electron chi connectivity index (χ3n) is 2.68. The Morgan fingerprint density at radius 3 is 2.44 bits per heavy atom. The molecule has 0 saturated carbocycles. The van der Waals surface area contributed by atoms with Gasteiger partial charge in [0.25, 0.3) is 0 Å². The molecule has 1 atom stereocenters. The molecule has 1 rings (SSSR count). The molecule has 0 fully saturated rings. The maximum Gasteiger partial charge on any atom is 0.126 e. The van der Waals surface area contributed by atoms with Crippen molar-refractivity contribution >= 4 is 0 Å². The van der Waals surface area contributed by atoms with Gasteiger partial charge in [0, 0.05) is 11.6 Å². The molecule has 18 heavy (non-hydrogen) atoms. The minimum absolute atomic E-state index is 0.0717. The van der Waals surface area contributed by atoms with Gasteiger partial charge in [-0.3, -0.25) is 0 Å². The van der Waals surface area contributed by atoms with E-state index in [0.29, 0.717) is 5.56 Å². The third-order valence-corrected chi connectivity index (χ3v) is 2.68. The summed E-state index contributed by atoms with van der Waals surface area (Å²) >= 11 is 0. The van der Waals surface area contributed by atoms with Crippen LogP contribution in [0.1, 0.15) is 51.8 Å². The molecular formula is C15H24FNO. The van der Waals surface area contributed by atoms with Crippen molar-refractivity contribution in [3.8, 4) is 5.75 Å². The Hall–Kier alpha value is -1.09. The molecule has 3 heteroatoms. The van der Waals surface area contributed by atoms with E-state index in [2.05, 4.69) is 5.32 Å². The maximum absolute atomic E-state index is 13.7. The molecule has 0 saturated heterocycles. The number of hydrogen-bond donors (Lipinski definition) is 1. The zero-order valence-corrected chi connectivity index (χ0v) is 12.2. The van der Waals surface area contributed by atoms with Crippen molar-refractivity contribution < 1.29 is 9.13 Å². The largest absolute Gasteiger partial charge is 0.488 e. The van der Waals surface area contributed by atoms with Gasteiger partial charge in [-0.1, -0.05) is 6.92 Å². The van der Waals surface area contributed by atoms with E-state index in [1.165, 1.54) is 0 Å². The van der Waals surface area contributed by atoms with Crippen molar-refractivity contribution in [2.24, 2.45) is 0 Å². The standard InChI is InChI=1S/C15H24FNO/c1-7-17-11(3)12-9-13(16)10(2)8-14(12)18-15(4,5)6/h8-9,11,17H,7H2,1-6H3. The minimum atomic E-state index is -0.287. The predicted octanol–water partition coefficient (Wildman–Crippen LogP) is 3.98. The molecule has 2 nitrogen and oxygen atoms in total. The van der Waals surface area contributed by atoms with E-state index in [1.807, 2.05) is 34.6 Å². The van der Waals surface area contributed by atoms with E-state index in [9.17, 15) is 4.39 Å². The molecule has 0 radical (unpaired) electrons. The fourth-order valence-corrected chi connectivity index (χ4v) is 1.84. The number of aryl methyl sites for hydroxylation is 1. The fraction of sp³-hybridized carbons (Fsp3) is 0.600.